The number of halogens is 2. The highest BCUT2D eigenvalue weighted by molar-refractivity contribution is 6.43. The first-order chi connectivity index (χ1) is 16.2. The molecule has 3 rings (SSSR count). The summed E-state index contributed by atoms with van der Waals surface area (Å²) in [5.74, 6) is 0.813. The van der Waals surface area contributed by atoms with Crippen molar-refractivity contribution < 1.29 is 14.3 Å². The van der Waals surface area contributed by atoms with Gasteiger partial charge in [-0.1, -0.05) is 41.8 Å². The molecule has 2 aromatic rings. The van der Waals surface area contributed by atoms with Crippen molar-refractivity contribution in [1.82, 2.24) is 15.3 Å². The fourth-order valence-electron chi connectivity index (χ4n) is 4.03. The summed E-state index contributed by atoms with van der Waals surface area (Å²) in [6, 6.07) is 5.31. The summed E-state index contributed by atoms with van der Waals surface area (Å²) >= 11 is 12.4. The van der Waals surface area contributed by atoms with Gasteiger partial charge in [-0.05, 0) is 38.7 Å². The zero-order valence-corrected chi connectivity index (χ0v) is 21.1. The third kappa shape index (κ3) is 6.73. The molecule has 34 heavy (non-hydrogen) atoms. The highest BCUT2D eigenvalue weighted by atomic mass is 35.5. The Labute approximate surface area is 210 Å². The molecule has 0 aliphatic carbocycles. The Morgan fingerprint density at radius 1 is 1.18 bits per heavy atom. The second kappa shape index (κ2) is 11.7. The predicted octanol–water partition coefficient (Wildman–Crippen LogP) is 4.63. The second-order valence-electron chi connectivity index (χ2n) is 8.80. The number of methoxy groups -OCH3 is 1. The number of unbranched alkanes of at least 4 members (excludes halogenated alkanes) is 2. The molecule has 0 radical (unpaired) electrons. The number of nitrogens with one attached hydrogen (secondary N) is 1. The Bertz CT molecular complexity index is 1030. The largest absolute Gasteiger partial charge is 0.469 e. The molecule has 0 atom stereocenters. The Morgan fingerprint density at radius 2 is 1.88 bits per heavy atom. The molecular weight excluding hydrogens is 477 g/mol. The number of rotatable bonds is 9. The lowest BCUT2D eigenvalue weighted by Crippen LogP contribution is -2.53. The predicted molar refractivity (Wildman–Crippen MR) is 135 cm³/mol. The zero-order valence-electron chi connectivity index (χ0n) is 19.6. The Balaban J connectivity index is 1.51. The minimum atomic E-state index is -0.271. The number of aromatic nitrogens is 2. The van der Waals surface area contributed by atoms with Gasteiger partial charge in [0, 0.05) is 37.0 Å². The van der Waals surface area contributed by atoms with Crippen LogP contribution in [-0.2, 0) is 14.3 Å². The monoisotopic (exact) mass is 507 g/mol. The first-order valence-corrected chi connectivity index (χ1v) is 12.2. The van der Waals surface area contributed by atoms with E-state index in [4.69, 9.17) is 28.9 Å². The quantitative estimate of drug-likeness (QED) is 0.375. The van der Waals surface area contributed by atoms with Gasteiger partial charge in [0.15, 0.2) is 5.82 Å². The van der Waals surface area contributed by atoms with Crippen molar-refractivity contribution in [1.29, 1.82) is 0 Å². The number of piperidine rings is 1. The molecule has 1 aliphatic rings. The average molecular weight is 508 g/mol. The summed E-state index contributed by atoms with van der Waals surface area (Å²) in [4.78, 5) is 34.7. The lowest BCUT2D eigenvalue weighted by atomic mass is 9.89. The van der Waals surface area contributed by atoms with Crippen LogP contribution in [0.5, 0.6) is 0 Å². The van der Waals surface area contributed by atoms with E-state index in [0.29, 0.717) is 40.0 Å². The van der Waals surface area contributed by atoms with E-state index < -0.39 is 0 Å². The highest BCUT2D eigenvalue weighted by Gasteiger charge is 2.32. The van der Waals surface area contributed by atoms with Gasteiger partial charge in [0.05, 0.1) is 23.4 Å². The third-order valence-corrected chi connectivity index (χ3v) is 6.96. The maximum absolute atomic E-state index is 12.4. The van der Waals surface area contributed by atoms with E-state index in [-0.39, 0.29) is 23.2 Å². The van der Waals surface area contributed by atoms with Gasteiger partial charge < -0.3 is 20.7 Å². The number of hydrogen-bond acceptors (Lipinski definition) is 7. The number of hydrogen-bond donors (Lipinski definition) is 2. The molecule has 0 saturated carbocycles. The molecule has 0 bridgehead atoms. The first kappa shape index (κ1) is 26.0. The first-order valence-electron chi connectivity index (χ1n) is 11.4. The minimum absolute atomic E-state index is 0.0424. The molecule has 2 heterocycles. The van der Waals surface area contributed by atoms with Gasteiger partial charge in [-0.3, -0.25) is 9.59 Å². The van der Waals surface area contributed by atoms with Gasteiger partial charge >= 0.3 is 5.97 Å². The van der Waals surface area contributed by atoms with Crippen LogP contribution >= 0.6 is 23.2 Å². The van der Waals surface area contributed by atoms with Gasteiger partial charge in [-0.15, -0.1) is 0 Å². The molecule has 0 spiro atoms. The molecule has 0 unspecified atom stereocenters. The lowest BCUT2D eigenvalue weighted by molar-refractivity contribution is -0.140. The molecule has 1 aromatic carbocycles. The minimum Gasteiger partial charge on any atom is -0.469 e. The van der Waals surface area contributed by atoms with Crippen LogP contribution in [0.15, 0.2) is 24.4 Å². The maximum atomic E-state index is 12.4. The van der Waals surface area contributed by atoms with Crippen LogP contribution in [0.25, 0.3) is 11.3 Å². The number of ether oxygens (including phenoxy) is 1. The number of carbonyl (C=O) groups is 2. The number of nitrogen functional groups attached to an aromatic ring is 1. The van der Waals surface area contributed by atoms with Gasteiger partial charge in [0.2, 0.25) is 5.91 Å². The van der Waals surface area contributed by atoms with E-state index in [9.17, 15) is 9.59 Å². The van der Waals surface area contributed by atoms with Crippen molar-refractivity contribution in [2.45, 2.75) is 57.4 Å². The van der Waals surface area contributed by atoms with E-state index in [1.54, 1.807) is 18.3 Å². The van der Waals surface area contributed by atoms with Gasteiger partial charge in [0.1, 0.15) is 11.5 Å². The number of carbonyl (C=O) groups excluding carboxylic acids is 2. The molecule has 184 valence electrons. The molecule has 3 N–H and O–H groups in total. The Hall–Kier alpha value is -2.58. The summed E-state index contributed by atoms with van der Waals surface area (Å²) in [6.45, 7) is 3.52. The summed E-state index contributed by atoms with van der Waals surface area (Å²) in [6.07, 6.45) is 6.42. The number of amides is 1. The Morgan fingerprint density at radius 3 is 2.56 bits per heavy atom. The molecule has 1 aromatic heterocycles. The van der Waals surface area contributed by atoms with Crippen molar-refractivity contribution in [2.75, 3.05) is 30.8 Å². The smallest absolute Gasteiger partial charge is 0.305 e. The highest BCUT2D eigenvalue weighted by Crippen LogP contribution is 2.35. The molecular formula is C24H31Cl2N5O3. The van der Waals surface area contributed by atoms with E-state index in [1.165, 1.54) is 7.11 Å². The van der Waals surface area contributed by atoms with Crippen LogP contribution in [0.1, 0.15) is 51.9 Å². The molecule has 1 aliphatic heterocycles. The van der Waals surface area contributed by atoms with E-state index in [1.807, 2.05) is 6.07 Å². The van der Waals surface area contributed by atoms with Crippen molar-refractivity contribution in [2.24, 2.45) is 0 Å². The van der Waals surface area contributed by atoms with Crippen LogP contribution in [-0.4, -0.2) is 47.6 Å². The van der Waals surface area contributed by atoms with Gasteiger partial charge in [-0.2, -0.15) is 0 Å². The molecule has 8 nitrogen and oxygen atoms in total. The lowest BCUT2D eigenvalue weighted by Gasteiger charge is -2.40. The van der Waals surface area contributed by atoms with E-state index >= 15 is 0 Å². The normalized spacial score (nSPS) is 15.1. The SMILES string of the molecule is COC(=O)CCCCCC(=O)NC1(C)CCN(c2cnc(-c3cccc(Cl)c3Cl)c(N)n2)CC1. The van der Waals surface area contributed by atoms with E-state index in [0.717, 1.165) is 45.2 Å². The summed E-state index contributed by atoms with van der Waals surface area (Å²) in [5.41, 5.74) is 7.08. The van der Waals surface area contributed by atoms with Crippen LogP contribution in [0, 0.1) is 0 Å². The number of esters is 1. The summed E-state index contributed by atoms with van der Waals surface area (Å²) in [5, 5.41) is 4.01. The fraction of sp³-hybridized carbons (Fsp3) is 0.500. The standard InChI is InChI=1S/C24H31Cl2N5O3/c1-24(30-19(32)9-4-3-5-10-20(33)34-2)11-13-31(14-12-24)18-15-28-22(23(27)29-18)16-7-6-8-17(25)21(16)26/h6-8,15H,3-5,9-14H2,1-2H3,(H2,27,29)(H,30,32). The number of nitrogens with zero attached hydrogens (tertiary/aromatic N) is 3. The van der Waals surface area contributed by atoms with Crippen LogP contribution in [0.4, 0.5) is 11.6 Å². The fourth-order valence-corrected chi connectivity index (χ4v) is 4.42. The number of benzene rings is 1. The second-order valence-corrected chi connectivity index (χ2v) is 9.58. The van der Waals surface area contributed by atoms with Crippen LogP contribution < -0.4 is 16.0 Å². The van der Waals surface area contributed by atoms with Gasteiger partial charge in [0.25, 0.3) is 0 Å². The number of anilines is 2. The zero-order chi connectivity index (χ0) is 24.7. The van der Waals surface area contributed by atoms with Crippen LogP contribution in [0.3, 0.4) is 0 Å². The summed E-state index contributed by atoms with van der Waals surface area (Å²) in [7, 11) is 1.38. The summed E-state index contributed by atoms with van der Waals surface area (Å²) < 4.78 is 4.63. The van der Waals surface area contributed by atoms with E-state index in [2.05, 4.69) is 31.8 Å². The topological polar surface area (TPSA) is 110 Å². The molecule has 10 heteroatoms. The molecule has 1 fully saturated rings. The van der Waals surface area contributed by atoms with Crippen molar-refractivity contribution in [3.63, 3.8) is 0 Å². The maximum Gasteiger partial charge on any atom is 0.305 e. The molecule has 1 saturated heterocycles. The van der Waals surface area contributed by atoms with Crippen molar-refractivity contribution >= 4 is 46.7 Å². The van der Waals surface area contributed by atoms with Crippen LogP contribution in [0.2, 0.25) is 10.0 Å². The van der Waals surface area contributed by atoms with Crippen molar-refractivity contribution in [3.8, 4) is 11.3 Å². The Kier molecular flexibility index (Phi) is 8.97. The van der Waals surface area contributed by atoms with Crippen molar-refractivity contribution in [3.05, 3.63) is 34.4 Å². The number of nitrogens with two attached hydrogens (primary N) is 1. The molecule has 1 amide bonds. The average Bonchev–Trinajstić information content (AvgIpc) is 2.81. The third-order valence-electron chi connectivity index (χ3n) is 6.14. The van der Waals surface area contributed by atoms with Gasteiger partial charge in [-0.25, -0.2) is 9.97 Å².